The van der Waals surface area contributed by atoms with Crippen LogP contribution in [0.2, 0.25) is 0 Å². The van der Waals surface area contributed by atoms with Crippen molar-refractivity contribution in [2.24, 2.45) is 10.8 Å². The maximum Gasteiger partial charge on any atom is 0.0772 e. The summed E-state index contributed by atoms with van der Waals surface area (Å²) >= 11 is 0. The van der Waals surface area contributed by atoms with E-state index in [-0.39, 0.29) is 11.5 Å². The molecule has 0 aliphatic rings. The van der Waals surface area contributed by atoms with Gasteiger partial charge < -0.3 is 10.1 Å². The minimum absolute atomic E-state index is 0.184. The molecule has 2 atom stereocenters. The lowest BCUT2D eigenvalue weighted by atomic mass is 9.81. The summed E-state index contributed by atoms with van der Waals surface area (Å²) in [7, 11) is 1.84. The Morgan fingerprint density at radius 2 is 1.61 bits per heavy atom. The van der Waals surface area contributed by atoms with Crippen LogP contribution in [0.1, 0.15) is 67.7 Å². The smallest absolute Gasteiger partial charge is 0.0772 e. The maximum atomic E-state index is 5.75. The average Bonchev–Trinajstić information content (AvgIpc) is 2.14. The third-order valence-corrected chi connectivity index (χ3v) is 3.38. The van der Waals surface area contributed by atoms with Crippen molar-refractivity contribution in [1.29, 1.82) is 0 Å². The van der Waals surface area contributed by atoms with E-state index in [4.69, 9.17) is 4.74 Å². The first-order chi connectivity index (χ1) is 8.11. The Morgan fingerprint density at radius 1 is 1.06 bits per heavy atom. The van der Waals surface area contributed by atoms with Crippen molar-refractivity contribution in [3.63, 3.8) is 0 Å². The van der Waals surface area contributed by atoms with Crippen LogP contribution in [0.25, 0.3) is 0 Å². The molecule has 0 heterocycles. The second-order valence-corrected chi connectivity index (χ2v) is 7.64. The van der Waals surface area contributed by atoms with Gasteiger partial charge in [0.2, 0.25) is 0 Å². The van der Waals surface area contributed by atoms with E-state index in [1.54, 1.807) is 0 Å². The van der Waals surface area contributed by atoms with Crippen LogP contribution in [0.5, 0.6) is 0 Å². The summed E-state index contributed by atoms with van der Waals surface area (Å²) in [4.78, 5) is 0. The van der Waals surface area contributed by atoms with Crippen LogP contribution >= 0.6 is 0 Å². The Balaban J connectivity index is 4.45. The van der Waals surface area contributed by atoms with Crippen LogP contribution in [0.4, 0.5) is 0 Å². The fraction of sp³-hybridized carbons (Fsp3) is 1.00. The van der Waals surface area contributed by atoms with Crippen LogP contribution in [0.15, 0.2) is 0 Å². The van der Waals surface area contributed by atoms with Gasteiger partial charge in [-0.15, -0.1) is 0 Å². The third kappa shape index (κ3) is 7.38. The Labute approximate surface area is 115 Å². The number of methoxy groups -OCH3 is 1. The zero-order valence-electron chi connectivity index (χ0n) is 13.9. The van der Waals surface area contributed by atoms with E-state index < -0.39 is 0 Å². The van der Waals surface area contributed by atoms with Crippen molar-refractivity contribution < 1.29 is 4.74 Å². The summed E-state index contributed by atoms with van der Waals surface area (Å²) in [6.07, 6.45) is 4.01. The highest BCUT2D eigenvalue weighted by molar-refractivity contribution is 4.86. The highest BCUT2D eigenvalue weighted by Crippen LogP contribution is 2.28. The predicted molar refractivity (Wildman–Crippen MR) is 81.0 cm³/mol. The Bertz CT molecular complexity index is 212. The molecule has 18 heavy (non-hydrogen) atoms. The van der Waals surface area contributed by atoms with Crippen LogP contribution in [-0.2, 0) is 4.74 Å². The first-order valence-electron chi connectivity index (χ1n) is 7.38. The molecule has 0 aromatic heterocycles. The second kappa shape index (κ2) is 7.49. The van der Waals surface area contributed by atoms with Gasteiger partial charge in [-0.25, -0.2) is 0 Å². The molecular formula is C16H35NO. The lowest BCUT2D eigenvalue weighted by molar-refractivity contribution is -0.0137. The number of rotatable bonds is 7. The van der Waals surface area contributed by atoms with Crippen LogP contribution in [0.3, 0.4) is 0 Å². The molecule has 0 aliphatic heterocycles. The van der Waals surface area contributed by atoms with Crippen molar-refractivity contribution >= 4 is 0 Å². The number of nitrogens with one attached hydrogen (secondary N) is 1. The molecule has 0 bridgehead atoms. The Morgan fingerprint density at radius 3 is 1.94 bits per heavy atom. The minimum Gasteiger partial charge on any atom is -0.379 e. The molecule has 2 nitrogen and oxygen atoms in total. The molecule has 2 unspecified atom stereocenters. The van der Waals surface area contributed by atoms with E-state index >= 15 is 0 Å². The lowest BCUT2D eigenvalue weighted by Gasteiger charge is -2.37. The van der Waals surface area contributed by atoms with E-state index in [2.05, 4.69) is 53.8 Å². The maximum absolute atomic E-state index is 5.75. The molecular weight excluding hydrogens is 222 g/mol. The summed E-state index contributed by atoms with van der Waals surface area (Å²) in [6, 6.07) is 0.461. The lowest BCUT2D eigenvalue weighted by Crippen LogP contribution is -2.47. The fourth-order valence-corrected chi connectivity index (χ4v) is 2.60. The second-order valence-electron chi connectivity index (χ2n) is 7.64. The van der Waals surface area contributed by atoms with Gasteiger partial charge in [0.15, 0.2) is 0 Å². The molecule has 0 saturated heterocycles. The molecule has 0 amide bonds. The molecule has 0 aromatic carbocycles. The van der Waals surface area contributed by atoms with Gasteiger partial charge in [0.25, 0.3) is 0 Å². The highest BCUT2D eigenvalue weighted by Gasteiger charge is 2.31. The van der Waals surface area contributed by atoms with Crippen LogP contribution in [0, 0.1) is 10.8 Å². The van der Waals surface area contributed by atoms with Crippen LogP contribution < -0.4 is 5.32 Å². The molecule has 2 heteroatoms. The molecule has 1 N–H and O–H groups in total. The van der Waals surface area contributed by atoms with Crippen molar-refractivity contribution in [2.75, 3.05) is 13.7 Å². The standard InChI is InChI=1S/C16H35NO/c1-9-17-13(11-10-12-15(2,3)4)14(18-8)16(5,6)7/h13-14,17H,9-12H2,1-8H3. The summed E-state index contributed by atoms with van der Waals surface area (Å²) in [5.74, 6) is 0. The molecule has 110 valence electrons. The number of ether oxygens (including phenoxy) is 1. The predicted octanol–water partition coefficient (Wildman–Crippen LogP) is 4.24. The van der Waals surface area contributed by atoms with Gasteiger partial charge >= 0.3 is 0 Å². The average molecular weight is 257 g/mol. The SMILES string of the molecule is CCNC(CCCC(C)(C)C)C(OC)C(C)(C)C. The summed E-state index contributed by atoms with van der Waals surface area (Å²) in [5.41, 5.74) is 0.615. The minimum atomic E-state index is 0.184. The highest BCUT2D eigenvalue weighted by atomic mass is 16.5. The van der Waals surface area contributed by atoms with E-state index in [0.717, 1.165) is 6.54 Å². The Kier molecular flexibility index (Phi) is 7.46. The zero-order chi connectivity index (χ0) is 14.4. The van der Waals surface area contributed by atoms with Gasteiger partial charge in [0.1, 0.15) is 0 Å². The van der Waals surface area contributed by atoms with Gasteiger partial charge in [-0.2, -0.15) is 0 Å². The van der Waals surface area contributed by atoms with E-state index in [0.29, 0.717) is 11.5 Å². The first-order valence-corrected chi connectivity index (χ1v) is 7.38. The topological polar surface area (TPSA) is 21.3 Å². The van der Waals surface area contributed by atoms with Gasteiger partial charge in [-0.3, -0.25) is 0 Å². The number of hydrogen-bond acceptors (Lipinski definition) is 2. The van der Waals surface area contributed by atoms with Crippen LogP contribution in [-0.4, -0.2) is 25.8 Å². The van der Waals surface area contributed by atoms with E-state index in [9.17, 15) is 0 Å². The molecule has 0 rings (SSSR count). The third-order valence-electron chi connectivity index (χ3n) is 3.38. The molecule has 0 spiro atoms. The first kappa shape index (κ1) is 17.9. The quantitative estimate of drug-likeness (QED) is 0.736. The monoisotopic (exact) mass is 257 g/mol. The van der Waals surface area contributed by atoms with Gasteiger partial charge in [-0.1, -0.05) is 54.9 Å². The molecule has 0 radical (unpaired) electrons. The van der Waals surface area contributed by atoms with Crippen molar-refractivity contribution in [3.05, 3.63) is 0 Å². The van der Waals surface area contributed by atoms with E-state index in [1.807, 2.05) is 7.11 Å². The molecule has 0 aromatic rings. The summed E-state index contributed by atoms with van der Waals surface area (Å²) < 4.78 is 5.75. The fourth-order valence-electron chi connectivity index (χ4n) is 2.60. The summed E-state index contributed by atoms with van der Waals surface area (Å²) in [5, 5.41) is 3.60. The molecule has 0 fully saturated rings. The van der Waals surface area contributed by atoms with Crippen molar-refractivity contribution in [1.82, 2.24) is 5.32 Å². The zero-order valence-corrected chi connectivity index (χ0v) is 13.9. The summed E-state index contributed by atoms with van der Waals surface area (Å²) in [6.45, 7) is 16.9. The largest absolute Gasteiger partial charge is 0.379 e. The van der Waals surface area contributed by atoms with Gasteiger partial charge in [0, 0.05) is 13.2 Å². The number of hydrogen-bond donors (Lipinski definition) is 1. The normalized spacial score (nSPS) is 16.7. The molecule has 0 saturated carbocycles. The molecule has 0 aliphatic carbocycles. The van der Waals surface area contributed by atoms with Crippen molar-refractivity contribution in [3.8, 4) is 0 Å². The van der Waals surface area contributed by atoms with E-state index in [1.165, 1.54) is 19.3 Å². The number of likely N-dealkylation sites (N-methyl/N-ethyl adjacent to an activating group) is 1. The van der Waals surface area contributed by atoms with Gasteiger partial charge in [-0.05, 0) is 30.2 Å². The Hall–Kier alpha value is -0.0800. The van der Waals surface area contributed by atoms with Gasteiger partial charge in [0.05, 0.1) is 6.10 Å². The van der Waals surface area contributed by atoms with Crippen molar-refractivity contribution in [2.45, 2.75) is 79.9 Å².